The summed E-state index contributed by atoms with van der Waals surface area (Å²) in [5, 5.41) is 46.6. The van der Waals surface area contributed by atoms with Crippen LogP contribution in [0.2, 0.25) is 0 Å². The Morgan fingerprint density at radius 3 is 2.20 bits per heavy atom. The maximum atomic E-state index is 11.3. The van der Waals surface area contributed by atoms with E-state index in [1.165, 1.54) is 30.3 Å². The normalized spacial score (nSPS) is 12.3. The molecule has 0 saturated heterocycles. The Balaban J connectivity index is 1.95. The molecule has 2 aromatic rings. The molecule has 5 N–H and O–H groups in total. The molecule has 0 spiro atoms. The molecule has 7 heteroatoms. The van der Waals surface area contributed by atoms with E-state index >= 15 is 0 Å². The van der Waals surface area contributed by atoms with Gasteiger partial charge in [0.05, 0.1) is 6.61 Å². The summed E-state index contributed by atoms with van der Waals surface area (Å²) in [4.78, 5) is 11.3. The summed E-state index contributed by atoms with van der Waals surface area (Å²) < 4.78 is 5.31. The van der Waals surface area contributed by atoms with Crippen molar-refractivity contribution in [3.8, 4) is 23.0 Å². The van der Waals surface area contributed by atoms with Gasteiger partial charge in [0.1, 0.15) is 0 Å². The Hall–Kier alpha value is -3.19. The number of hydrogen-bond donors (Lipinski definition) is 5. The number of carbonyl (C=O) groups is 1. The maximum absolute atomic E-state index is 11.3. The Bertz CT molecular complexity index is 783. The van der Waals surface area contributed by atoms with Crippen LogP contribution in [-0.4, -0.2) is 44.2 Å². The van der Waals surface area contributed by atoms with Gasteiger partial charge in [-0.05, 0) is 35.4 Å². The van der Waals surface area contributed by atoms with Crippen LogP contribution >= 0.6 is 0 Å². The van der Waals surface area contributed by atoms with Crippen molar-refractivity contribution < 1.29 is 35.1 Å². The van der Waals surface area contributed by atoms with E-state index in [0.29, 0.717) is 11.1 Å². The molecule has 0 fully saturated rings. The number of phenolic OH excluding ortho intramolecular Hbond substituents is 4. The van der Waals surface area contributed by atoms with Crippen LogP contribution in [0.15, 0.2) is 42.5 Å². The Kier molecular flexibility index (Phi) is 5.86. The number of aliphatic carboxylic acids is 1. The summed E-state index contributed by atoms with van der Waals surface area (Å²) in [6.45, 7) is 0.0165. The molecule has 1 unspecified atom stereocenters. The van der Waals surface area contributed by atoms with E-state index < -0.39 is 12.1 Å². The highest BCUT2D eigenvalue weighted by Gasteiger charge is 2.18. The fourth-order valence-electron chi connectivity index (χ4n) is 2.13. The summed E-state index contributed by atoms with van der Waals surface area (Å²) in [6, 6.07) is 8.35. The molecule has 2 aromatic carbocycles. The lowest BCUT2D eigenvalue weighted by Crippen LogP contribution is -2.26. The number of hydrogen-bond acceptors (Lipinski definition) is 6. The number of phenols is 4. The summed E-state index contributed by atoms with van der Waals surface area (Å²) in [5.74, 6) is -2.23. The number of carboxylic acids is 1. The standard InChI is InChI=1S/C18H18O7/c19-13-5-3-11(8-15(13)21)2-1-7-25-17(18(23)24)10-12-4-6-14(20)16(22)9-12/h1-6,8-9,17,19-22H,7,10H2,(H,23,24)/b2-1+. The monoisotopic (exact) mass is 346 g/mol. The molecule has 0 amide bonds. The van der Waals surface area contributed by atoms with Crippen molar-refractivity contribution in [3.63, 3.8) is 0 Å². The van der Waals surface area contributed by atoms with Crippen LogP contribution in [0.3, 0.4) is 0 Å². The molecule has 0 aromatic heterocycles. The summed E-state index contributed by atoms with van der Waals surface area (Å²) in [7, 11) is 0. The topological polar surface area (TPSA) is 127 Å². The van der Waals surface area contributed by atoms with Crippen LogP contribution in [0, 0.1) is 0 Å². The molecule has 7 nitrogen and oxygen atoms in total. The van der Waals surface area contributed by atoms with Gasteiger partial charge in [0, 0.05) is 6.42 Å². The Morgan fingerprint density at radius 2 is 1.60 bits per heavy atom. The lowest BCUT2D eigenvalue weighted by atomic mass is 10.1. The second kappa shape index (κ2) is 8.07. The van der Waals surface area contributed by atoms with E-state index in [1.54, 1.807) is 18.2 Å². The third-order valence-electron chi connectivity index (χ3n) is 3.44. The molecule has 0 aliphatic heterocycles. The molecule has 25 heavy (non-hydrogen) atoms. The highest BCUT2D eigenvalue weighted by atomic mass is 16.5. The van der Waals surface area contributed by atoms with E-state index in [0.717, 1.165) is 0 Å². The van der Waals surface area contributed by atoms with Crippen molar-refractivity contribution in [2.45, 2.75) is 12.5 Å². The summed E-state index contributed by atoms with van der Waals surface area (Å²) in [5.41, 5.74) is 1.13. The van der Waals surface area contributed by atoms with Crippen molar-refractivity contribution in [3.05, 3.63) is 53.6 Å². The first kappa shape index (κ1) is 18.2. The van der Waals surface area contributed by atoms with E-state index in [4.69, 9.17) is 4.74 Å². The molecule has 0 bridgehead atoms. The lowest BCUT2D eigenvalue weighted by molar-refractivity contribution is -0.149. The van der Waals surface area contributed by atoms with Gasteiger partial charge in [0.2, 0.25) is 0 Å². The van der Waals surface area contributed by atoms with Crippen LogP contribution in [-0.2, 0) is 16.0 Å². The second-order valence-electron chi connectivity index (χ2n) is 5.34. The second-order valence-corrected chi connectivity index (χ2v) is 5.34. The third kappa shape index (κ3) is 5.15. The highest BCUT2D eigenvalue weighted by Crippen LogP contribution is 2.26. The van der Waals surface area contributed by atoms with E-state index in [9.17, 15) is 30.3 Å². The van der Waals surface area contributed by atoms with Crippen LogP contribution in [0.1, 0.15) is 11.1 Å². The maximum Gasteiger partial charge on any atom is 0.333 e. The van der Waals surface area contributed by atoms with Gasteiger partial charge < -0.3 is 30.3 Å². The minimum Gasteiger partial charge on any atom is -0.504 e. The van der Waals surface area contributed by atoms with Crippen molar-refractivity contribution in [1.82, 2.24) is 0 Å². The van der Waals surface area contributed by atoms with Crippen LogP contribution in [0.4, 0.5) is 0 Å². The first-order valence-electron chi connectivity index (χ1n) is 7.40. The molecule has 2 rings (SSSR count). The van der Waals surface area contributed by atoms with Crippen LogP contribution in [0.25, 0.3) is 6.08 Å². The summed E-state index contributed by atoms with van der Waals surface area (Å²) >= 11 is 0. The zero-order valence-electron chi connectivity index (χ0n) is 13.2. The number of aromatic hydroxyl groups is 4. The minimum absolute atomic E-state index is 0.0165. The van der Waals surface area contributed by atoms with Gasteiger partial charge in [-0.25, -0.2) is 4.79 Å². The van der Waals surface area contributed by atoms with Gasteiger partial charge in [-0.1, -0.05) is 24.3 Å². The fourth-order valence-corrected chi connectivity index (χ4v) is 2.13. The Morgan fingerprint density at radius 1 is 0.960 bits per heavy atom. The number of benzene rings is 2. The molecule has 0 radical (unpaired) electrons. The van der Waals surface area contributed by atoms with Crippen LogP contribution in [0.5, 0.6) is 23.0 Å². The van der Waals surface area contributed by atoms with Gasteiger partial charge >= 0.3 is 5.97 Å². The highest BCUT2D eigenvalue weighted by molar-refractivity contribution is 5.72. The minimum atomic E-state index is -1.15. The van der Waals surface area contributed by atoms with Gasteiger partial charge in [-0.2, -0.15) is 0 Å². The van der Waals surface area contributed by atoms with Gasteiger partial charge in [-0.3, -0.25) is 0 Å². The smallest absolute Gasteiger partial charge is 0.333 e. The number of ether oxygens (including phenoxy) is 1. The molecule has 1 atom stereocenters. The van der Waals surface area contributed by atoms with Crippen molar-refractivity contribution in [1.29, 1.82) is 0 Å². The molecule has 0 aliphatic carbocycles. The average Bonchev–Trinajstić information content (AvgIpc) is 2.56. The number of carboxylic acid groups (broad SMARTS) is 1. The largest absolute Gasteiger partial charge is 0.504 e. The zero-order valence-corrected chi connectivity index (χ0v) is 13.2. The van der Waals surface area contributed by atoms with Crippen LogP contribution < -0.4 is 0 Å². The quantitative estimate of drug-likeness (QED) is 0.486. The predicted octanol–water partition coefficient (Wildman–Crippen LogP) is 2.23. The first-order chi connectivity index (χ1) is 11.9. The SMILES string of the molecule is O=C(O)C(Cc1ccc(O)c(O)c1)OC/C=C/c1ccc(O)c(O)c1. The van der Waals surface area contributed by atoms with Gasteiger partial charge in [0.15, 0.2) is 29.1 Å². The molecule has 0 heterocycles. The van der Waals surface area contributed by atoms with Crippen molar-refractivity contribution >= 4 is 12.0 Å². The molecule has 132 valence electrons. The lowest BCUT2D eigenvalue weighted by Gasteiger charge is -2.13. The number of rotatable bonds is 7. The first-order valence-corrected chi connectivity index (χ1v) is 7.40. The van der Waals surface area contributed by atoms with E-state index in [-0.39, 0.29) is 36.0 Å². The average molecular weight is 346 g/mol. The summed E-state index contributed by atoms with van der Waals surface area (Å²) in [6.07, 6.45) is 2.10. The molecular formula is C18H18O7. The molecular weight excluding hydrogens is 328 g/mol. The predicted molar refractivity (Wildman–Crippen MR) is 89.7 cm³/mol. The van der Waals surface area contributed by atoms with E-state index in [2.05, 4.69) is 0 Å². The van der Waals surface area contributed by atoms with Crippen molar-refractivity contribution in [2.24, 2.45) is 0 Å². The third-order valence-corrected chi connectivity index (χ3v) is 3.44. The fraction of sp³-hybridized carbons (Fsp3) is 0.167. The zero-order chi connectivity index (χ0) is 18.4. The Labute approximate surface area is 143 Å². The molecule has 0 saturated carbocycles. The van der Waals surface area contributed by atoms with Gasteiger partial charge in [0.25, 0.3) is 0 Å². The van der Waals surface area contributed by atoms with E-state index in [1.807, 2.05) is 0 Å². The van der Waals surface area contributed by atoms with Crippen molar-refractivity contribution in [2.75, 3.05) is 6.61 Å². The van der Waals surface area contributed by atoms with Gasteiger partial charge in [-0.15, -0.1) is 0 Å². The molecule has 0 aliphatic rings.